The number of carboxylic acid groups (broad SMARTS) is 1. The monoisotopic (exact) mass is 205 g/mol. The Balaban J connectivity index is 3.33. The highest BCUT2D eigenvalue weighted by molar-refractivity contribution is 5.91. The Morgan fingerprint density at radius 2 is 2.27 bits per heavy atom. The van der Waals surface area contributed by atoms with E-state index < -0.39 is 5.97 Å². The van der Waals surface area contributed by atoms with Crippen LogP contribution in [0.25, 0.3) is 0 Å². The summed E-state index contributed by atoms with van der Waals surface area (Å²) < 4.78 is 5.19. The summed E-state index contributed by atoms with van der Waals surface area (Å²) in [7, 11) is 0. The second kappa shape index (κ2) is 4.47. The Kier molecular flexibility index (Phi) is 3.29. The van der Waals surface area contributed by atoms with E-state index in [0.29, 0.717) is 23.5 Å². The molecule has 0 heterocycles. The van der Waals surface area contributed by atoms with Crippen LogP contribution in [0, 0.1) is 18.3 Å². The lowest BCUT2D eigenvalue weighted by atomic mass is 10.0. The van der Waals surface area contributed by atoms with Crippen molar-refractivity contribution < 1.29 is 14.6 Å². The molecule has 0 aliphatic rings. The minimum Gasteiger partial charge on any atom is -0.493 e. The number of carboxylic acids is 1. The van der Waals surface area contributed by atoms with E-state index in [4.69, 9.17) is 15.1 Å². The minimum absolute atomic E-state index is 0.0269. The number of nitriles is 1. The maximum atomic E-state index is 10.9. The third-order valence-corrected chi connectivity index (χ3v) is 1.98. The molecule has 0 amide bonds. The van der Waals surface area contributed by atoms with Crippen LogP contribution in [0.4, 0.5) is 0 Å². The van der Waals surface area contributed by atoms with E-state index in [0.717, 1.165) is 0 Å². The lowest BCUT2D eigenvalue weighted by Gasteiger charge is -2.08. The molecular weight excluding hydrogens is 194 g/mol. The van der Waals surface area contributed by atoms with Gasteiger partial charge in [0.05, 0.1) is 18.2 Å². The van der Waals surface area contributed by atoms with E-state index in [1.54, 1.807) is 19.9 Å². The van der Waals surface area contributed by atoms with E-state index in [-0.39, 0.29) is 5.56 Å². The van der Waals surface area contributed by atoms with Crippen LogP contribution in [0.2, 0.25) is 0 Å². The summed E-state index contributed by atoms with van der Waals surface area (Å²) in [6.07, 6.45) is 0. The van der Waals surface area contributed by atoms with Crippen LogP contribution in [-0.2, 0) is 0 Å². The zero-order valence-corrected chi connectivity index (χ0v) is 8.57. The number of aryl methyl sites for hydroxylation is 1. The van der Waals surface area contributed by atoms with Gasteiger partial charge in [-0.1, -0.05) is 0 Å². The molecule has 0 fully saturated rings. The second-order valence-corrected chi connectivity index (χ2v) is 3.01. The zero-order chi connectivity index (χ0) is 11.4. The number of nitrogens with zero attached hydrogens (tertiary/aromatic N) is 1. The van der Waals surface area contributed by atoms with E-state index in [1.165, 1.54) is 6.07 Å². The third-order valence-electron chi connectivity index (χ3n) is 1.98. The molecule has 0 unspecified atom stereocenters. The lowest BCUT2D eigenvalue weighted by molar-refractivity contribution is 0.0692. The smallest absolute Gasteiger partial charge is 0.339 e. The zero-order valence-electron chi connectivity index (χ0n) is 8.57. The fourth-order valence-corrected chi connectivity index (χ4v) is 1.24. The summed E-state index contributed by atoms with van der Waals surface area (Å²) in [6, 6.07) is 4.85. The number of hydrogen-bond acceptors (Lipinski definition) is 3. The molecule has 78 valence electrons. The molecule has 0 saturated heterocycles. The quantitative estimate of drug-likeness (QED) is 0.818. The van der Waals surface area contributed by atoms with E-state index >= 15 is 0 Å². The molecule has 1 rings (SSSR count). The van der Waals surface area contributed by atoms with Crippen LogP contribution in [0.1, 0.15) is 28.4 Å². The maximum absolute atomic E-state index is 10.9. The van der Waals surface area contributed by atoms with Gasteiger partial charge in [0.25, 0.3) is 0 Å². The molecule has 1 aromatic carbocycles. The van der Waals surface area contributed by atoms with Crippen LogP contribution in [0.3, 0.4) is 0 Å². The van der Waals surface area contributed by atoms with Gasteiger partial charge in [0.2, 0.25) is 0 Å². The molecule has 0 aliphatic heterocycles. The van der Waals surface area contributed by atoms with Gasteiger partial charge < -0.3 is 9.84 Å². The number of ether oxygens (including phenoxy) is 1. The summed E-state index contributed by atoms with van der Waals surface area (Å²) in [5, 5.41) is 17.7. The average Bonchev–Trinajstić information content (AvgIpc) is 2.18. The van der Waals surface area contributed by atoms with Gasteiger partial charge in [-0.05, 0) is 31.5 Å². The number of carbonyl (C=O) groups is 1. The average molecular weight is 205 g/mol. The molecule has 0 aromatic heterocycles. The first-order chi connectivity index (χ1) is 7.10. The fraction of sp³-hybridized carbons (Fsp3) is 0.273. The highest BCUT2D eigenvalue weighted by atomic mass is 16.5. The molecule has 4 nitrogen and oxygen atoms in total. The number of hydrogen-bond donors (Lipinski definition) is 1. The summed E-state index contributed by atoms with van der Waals surface area (Å²) in [4.78, 5) is 10.9. The van der Waals surface area contributed by atoms with Crippen molar-refractivity contribution in [2.24, 2.45) is 0 Å². The largest absolute Gasteiger partial charge is 0.493 e. The number of benzene rings is 1. The Morgan fingerprint density at radius 3 is 2.73 bits per heavy atom. The Morgan fingerprint density at radius 1 is 1.60 bits per heavy atom. The van der Waals surface area contributed by atoms with E-state index in [1.807, 2.05) is 6.07 Å². The molecule has 4 heteroatoms. The van der Waals surface area contributed by atoms with Crippen molar-refractivity contribution in [2.75, 3.05) is 6.61 Å². The van der Waals surface area contributed by atoms with Gasteiger partial charge in [0.1, 0.15) is 11.3 Å². The highest BCUT2D eigenvalue weighted by Gasteiger charge is 2.14. The molecule has 0 bridgehead atoms. The van der Waals surface area contributed by atoms with E-state index in [9.17, 15) is 4.79 Å². The SMILES string of the molecule is CCOc1cc(C)c(C#N)cc1C(=O)O. The van der Waals surface area contributed by atoms with Crippen molar-refractivity contribution in [2.45, 2.75) is 13.8 Å². The summed E-state index contributed by atoms with van der Waals surface area (Å²) in [6.45, 7) is 3.91. The Labute approximate surface area is 87.7 Å². The summed E-state index contributed by atoms with van der Waals surface area (Å²) in [5.41, 5.74) is 1.10. The van der Waals surface area contributed by atoms with Gasteiger partial charge in [-0.2, -0.15) is 5.26 Å². The van der Waals surface area contributed by atoms with Gasteiger partial charge in [-0.3, -0.25) is 0 Å². The molecule has 0 atom stereocenters. The predicted molar refractivity (Wildman–Crippen MR) is 54.0 cm³/mol. The molecule has 0 saturated carbocycles. The number of rotatable bonds is 3. The van der Waals surface area contributed by atoms with Gasteiger partial charge in [0, 0.05) is 0 Å². The van der Waals surface area contributed by atoms with Crippen LogP contribution in [0.15, 0.2) is 12.1 Å². The standard InChI is InChI=1S/C11H11NO3/c1-3-15-10-4-7(2)8(6-12)5-9(10)11(13)14/h4-5H,3H2,1-2H3,(H,13,14). The molecule has 15 heavy (non-hydrogen) atoms. The molecule has 0 spiro atoms. The van der Waals surface area contributed by atoms with Crippen LogP contribution >= 0.6 is 0 Å². The first-order valence-corrected chi connectivity index (χ1v) is 4.51. The normalized spacial score (nSPS) is 9.40. The Bertz CT molecular complexity index is 432. The van der Waals surface area contributed by atoms with Gasteiger partial charge in [-0.25, -0.2) is 4.79 Å². The van der Waals surface area contributed by atoms with Crippen molar-refractivity contribution in [3.63, 3.8) is 0 Å². The van der Waals surface area contributed by atoms with Crippen molar-refractivity contribution in [3.05, 3.63) is 28.8 Å². The topological polar surface area (TPSA) is 70.3 Å². The van der Waals surface area contributed by atoms with Crippen LogP contribution in [-0.4, -0.2) is 17.7 Å². The summed E-state index contributed by atoms with van der Waals surface area (Å²) >= 11 is 0. The number of aromatic carboxylic acids is 1. The maximum Gasteiger partial charge on any atom is 0.339 e. The summed E-state index contributed by atoms with van der Waals surface area (Å²) in [5.74, 6) is -0.781. The molecule has 1 aromatic rings. The van der Waals surface area contributed by atoms with Crippen molar-refractivity contribution in [3.8, 4) is 11.8 Å². The van der Waals surface area contributed by atoms with Crippen LogP contribution in [0.5, 0.6) is 5.75 Å². The molecular formula is C11H11NO3. The molecule has 1 N–H and O–H groups in total. The van der Waals surface area contributed by atoms with Crippen molar-refractivity contribution in [1.82, 2.24) is 0 Å². The minimum atomic E-state index is -1.09. The van der Waals surface area contributed by atoms with E-state index in [2.05, 4.69) is 0 Å². The first kappa shape index (κ1) is 11.1. The van der Waals surface area contributed by atoms with Crippen molar-refractivity contribution in [1.29, 1.82) is 5.26 Å². The highest BCUT2D eigenvalue weighted by Crippen LogP contribution is 2.23. The van der Waals surface area contributed by atoms with Gasteiger partial charge in [-0.15, -0.1) is 0 Å². The second-order valence-electron chi connectivity index (χ2n) is 3.01. The predicted octanol–water partition coefficient (Wildman–Crippen LogP) is 1.96. The van der Waals surface area contributed by atoms with Gasteiger partial charge in [0.15, 0.2) is 0 Å². The molecule has 0 aliphatic carbocycles. The van der Waals surface area contributed by atoms with Crippen LogP contribution < -0.4 is 4.74 Å². The van der Waals surface area contributed by atoms with Crippen molar-refractivity contribution >= 4 is 5.97 Å². The van der Waals surface area contributed by atoms with Gasteiger partial charge >= 0.3 is 5.97 Å². The fourth-order valence-electron chi connectivity index (χ4n) is 1.24. The molecule has 0 radical (unpaired) electrons. The Hall–Kier alpha value is -2.02. The first-order valence-electron chi connectivity index (χ1n) is 4.51. The lowest BCUT2D eigenvalue weighted by Crippen LogP contribution is -2.04. The third kappa shape index (κ3) is 2.26.